The van der Waals surface area contributed by atoms with E-state index in [1.165, 1.54) is 25.3 Å². The van der Waals surface area contributed by atoms with Crippen molar-refractivity contribution in [1.29, 1.82) is 0 Å². The van der Waals surface area contributed by atoms with E-state index in [1.54, 1.807) is 24.3 Å². The summed E-state index contributed by atoms with van der Waals surface area (Å²) < 4.78 is 46.0. The summed E-state index contributed by atoms with van der Waals surface area (Å²) in [5.41, 5.74) is 6.00. The number of nitrogens with two attached hydrogens (primary N) is 1. The summed E-state index contributed by atoms with van der Waals surface area (Å²) >= 11 is 0. The van der Waals surface area contributed by atoms with Gasteiger partial charge in [-0.2, -0.15) is 13.2 Å². The summed E-state index contributed by atoms with van der Waals surface area (Å²) in [6, 6.07) is 12.4. The second-order valence-corrected chi connectivity index (χ2v) is 5.93. The molecule has 2 aromatic carbocycles. The minimum atomic E-state index is -4.64. The fourth-order valence-corrected chi connectivity index (χ4v) is 2.90. The Morgan fingerprint density at radius 2 is 1.92 bits per heavy atom. The van der Waals surface area contributed by atoms with Crippen LogP contribution in [0.15, 0.2) is 48.5 Å². The number of aromatic nitrogens is 1. The molecule has 4 nitrogen and oxygen atoms in total. The molecule has 136 valence electrons. The molecule has 2 N–H and O–H groups in total. The lowest BCUT2D eigenvalue weighted by Crippen LogP contribution is -2.20. The van der Waals surface area contributed by atoms with E-state index in [4.69, 9.17) is 10.5 Å². The molecule has 0 aliphatic carbocycles. The first-order valence-electron chi connectivity index (χ1n) is 7.94. The van der Waals surface area contributed by atoms with Crippen molar-refractivity contribution in [2.45, 2.75) is 19.0 Å². The number of nitrogens with zero attached hydrogens (tertiary/aromatic N) is 1. The van der Waals surface area contributed by atoms with Gasteiger partial charge in [-0.15, -0.1) is 0 Å². The summed E-state index contributed by atoms with van der Waals surface area (Å²) in [5, 5.41) is 0.284. The maximum Gasteiger partial charge on any atom is 0.431 e. The first-order valence-corrected chi connectivity index (χ1v) is 7.94. The number of ether oxygens (including phenoxy) is 1. The SMILES string of the molecule is COc1cccc(CCC(=O)n2c(C(F)(F)F)cc3cc(N)ccc32)c1. The topological polar surface area (TPSA) is 57.2 Å². The van der Waals surface area contributed by atoms with Gasteiger partial charge in [0.05, 0.1) is 12.6 Å². The van der Waals surface area contributed by atoms with Crippen LogP contribution in [0.4, 0.5) is 18.9 Å². The number of fused-ring (bicyclic) bond motifs is 1. The van der Waals surface area contributed by atoms with Gasteiger partial charge in [-0.05, 0) is 48.4 Å². The summed E-state index contributed by atoms with van der Waals surface area (Å²) in [5.74, 6) is 0.00716. The first-order chi connectivity index (χ1) is 12.3. The van der Waals surface area contributed by atoms with E-state index >= 15 is 0 Å². The molecule has 0 bridgehead atoms. The van der Waals surface area contributed by atoms with E-state index in [0.29, 0.717) is 17.9 Å². The Balaban J connectivity index is 1.94. The van der Waals surface area contributed by atoms with Crippen LogP contribution in [0.25, 0.3) is 10.9 Å². The Labute approximate surface area is 148 Å². The Kier molecular flexibility index (Phi) is 4.63. The van der Waals surface area contributed by atoms with Gasteiger partial charge in [0, 0.05) is 17.5 Å². The molecular formula is C19H17F3N2O2. The Morgan fingerprint density at radius 1 is 1.15 bits per heavy atom. The molecule has 26 heavy (non-hydrogen) atoms. The number of carbonyl (C=O) groups excluding carboxylic acids is 1. The van der Waals surface area contributed by atoms with Gasteiger partial charge in [0.15, 0.2) is 0 Å². The van der Waals surface area contributed by atoms with Gasteiger partial charge in [-0.1, -0.05) is 12.1 Å². The minimum Gasteiger partial charge on any atom is -0.497 e. The number of anilines is 1. The van der Waals surface area contributed by atoms with Gasteiger partial charge in [0.1, 0.15) is 11.4 Å². The van der Waals surface area contributed by atoms with Crippen LogP contribution in [0.3, 0.4) is 0 Å². The maximum absolute atomic E-state index is 13.4. The molecular weight excluding hydrogens is 345 g/mol. The molecule has 0 aliphatic rings. The van der Waals surface area contributed by atoms with Crippen LogP contribution in [-0.2, 0) is 12.6 Å². The third-order valence-electron chi connectivity index (χ3n) is 4.13. The zero-order valence-corrected chi connectivity index (χ0v) is 14.0. The number of alkyl halides is 3. The Bertz CT molecular complexity index is 961. The van der Waals surface area contributed by atoms with Gasteiger partial charge in [0.2, 0.25) is 5.91 Å². The standard InChI is InChI=1S/C19H17F3N2O2/c1-26-15-4-2-3-12(9-15)5-8-18(25)24-16-7-6-14(23)10-13(16)11-17(24)19(20,21)22/h2-4,6-7,9-11H,5,8,23H2,1H3. The van der Waals surface area contributed by atoms with E-state index < -0.39 is 17.8 Å². The first kappa shape index (κ1) is 17.8. The van der Waals surface area contributed by atoms with Crippen molar-refractivity contribution in [3.05, 3.63) is 59.8 Å². The third kappa shape index (κ3) is 3.51. The summed E-state index contributed by atoms with van der Waals surface area (Å²) in [6.45, 7) is 0. The lowest BCUT2D eigenvalue weighted by molar-refractivity contribution is -0.142. The maximum atomic E-state index is 13.4. The number of methoxy groups -OCH3 is 1. The molecule has 0 spiro atoms. The monoisotopic (exact) mass is 362 g/mol. The molecule has 0 amide bonds. The number of carbonyl (C=O) groups is 1. The smallest absolute Gasteiger partial charge is 0.431 e. The zero-order valence-electron chi connectivity index (χ0n) is 14.0. The molecule has 0 saturated heterocycles. The average molecular weight is 362 g/mol. The molecule has 0 unspecified atom stereocenters. The molecule has 3 aromatic rings. The van der Waals surface area contributed by atoms with E-state index in [0.717, 1.165) is 16.2 Å². The van der Waals surface area contributed by atoms with Gasteiger partial charge in [-0.3, -0.25) is 9.36 Å². The fourth-order valence-electron chi connectivity index (χ4n) is 2.90. The number of rotatable bonds is 4. The van der Waals surface area contributed by atoms with Crippen molar-refractivity contribution < 1.29 is 22.7 Å². The molecule has 1 aromatic heterocycles. The largest absolute Gasteiger partial charge is 0.497 e. The highest BCUT2D eigenvalue weighted by Crippen LogP contribution is 2.35. The zero-order chi connectivity index (χ0) is 18.9. The number of benzene rings is 2. The lowest BCUT2D eigenvalue weighted by atomic mass is 10.1. The number of hydrogen-bond acceptors (Lipinski definition) is 3. The molecule has 0 saturated carbocycles. The van der Waals surface area contributed by atoms with Crippen LogP contribution in [0.2, 0.25) is 0 Å². The van der Waals surface area contributed by atoms with Crippen LogP contribution in [0.5, 0.6) is 5.75 Å². The Hall–Kier alpha value is -2.96. The van der Waals surface area contributed by atoms with Crippen molar-refractivity contribution in [3.63, 3.8) is 0 Å². The molecule has 0 atom stereocenters. The van der Waals surface area contributed by atoms with E-state index in [-0.39, 0.29) is 17.3 Å². The predicted molar refractivity (Wildman–Crippen MR) is 93.3 cm³/mol. The second kappa shape index (κ2) is 6.74. The van der Waals surface area contributed by atoms with Crippen molar-refractivity contribution >= 4 is 22.5 Å². The number of aryl methyl sites for hydroxylation is 1. The molecule has 7 heteroatoms. The van der Waals surface area contributed by atoms with Crippen LogP contribution in [0, 0.1) is 0 Å². The van der Waals surface area contributed by atoms with Crippen LogP contribution in [-0.4, -0.2) is 17.6 Å². The minimum absolute atomic E-state index is 0.0651. The van der Waals surface area contributed by atoms with Crippen molar-refractivity contribution in [2.24, 2.45) is 0 Å². The molecule has 1 heterocycles. The van der Waals surface area contributed by atoms with Gasteiger partial charge in [-0.25, -0.2) is 0 Å². The fraction of sp³-hybridized carbons (Fsp3) is 0.211. The van der Waals surface area contributed by atoms with Crippen molar-refractivity contribution in [3.8, 4) is 5.75 Å². The number of nitrogen functional groups attached to an aromatic ring is 1. The van der Waals surface area contributed by atoms with Crippen molar-refractivity contribution in [2.75, 3.05) is 12.8 Å². The molecule has 0 radical (unpaired) electrons. The average Bonchev–Trinajstić information content (AvgIpc) is 2.98. The predicted octanol–water partition coefficient (Wildman–Crippen LogP) is 4.52. The van der Waals surface area contributed by atoms with Crippen LogP contribution < -0.4 is 10.5 Å². The van der Waals surface area contributed by atoms with E-state index in [9.17, 15) is 18.0 Å². The highest BCUT2D eigenvalue weighted by Gasteiger charge is 2.37. The second-order valence-electron chi connectivity index (χ2n) is 5.93. The molecule has 0 fully saturated rings. The lowest BCUT2D eigenvalue weighted by Gasteiger charge is -2.12. The summed E-state index contributed by atoms with van der Waals surface area (Å²) in [7, 11) is 1.53. The third-order valence-corrected chi connectivity index (χ3v) is 4.13. The highest BCUT2D eigenvalue weighted by molar-refractivity contribution is 5.95. The van der Waals surface area contributed by atoms with Crippen molar-refractivity contribution in [1.82, 2.24) is 4.57 Å². The highest BCUT2D eigenvalue weighted by atomic mass is 19.4. The summed E-state index contributed by atoms with van der Waals surface area (Å²) in [4.78, 5) is 12.6. The van der Waals surface area contributed by atoms with Gasteiger partial charge < -0.3 is 10.5 Å². The van der Waals surface area contributed by atoms with Gasteiger partial charge in [0.25, 0.3) is 0 Å². The Morgan fingerprint density at radius 3 is 2.62 bits per heavy atom. The number of halogens is 3. The number of hydrogen-bond donors (Lipinski definition) is 1. The van der Waals surface area contributed by atoms with Crippen LogP contribution >= 0.6 is 0 Å². The molecule has 3 rings (SSSR count). The summed E-state index contributed by atoms with van der Waals surface area (Å²) in [6.07, 6.45) is -4.40. The van der Waals surface area contributed by atoms with E-state index in [1.807, 2.05) is 0 Å². The quantitative estimate of drug-likeness (QED) is 0.694. The van der Waals surface area contributed by atoms with E-state index in [2.05, 4.69) is 0 Å². The molecule has 0 aliphatic heterocycles. The van der Waals surface area contributed by atoms with Crippen LogP contribution in [0.1, 0.15) is 22.5 Å². The normalized spacial score (nSPS) is 11.7. The van der Waals surface area contributed by atoms with Gasteiger partial charge >= 0.3 is 6.18 Å².